The molecule has 0 radical (unpaired) electrons. The first-order valence-electron chi connectivity index (χ1n) is 4.12. The summed E-state index contributed by atoms with van der Waals surface area (Å²) in [5.74, 6) is -0.155. The van der Waals surface area contributed by atoms with Gasteiger partial charge in [-0.15, -0.1) is 0 Å². The Morgan fingerprint density at radius 3 is 2.62 bits per heavy atom. The van der Waals surface area contributed by atoms with Crippen molar-refractivity contribution in [3.63, 3.8) is 0 Å². The van der Waals surface area contributed by atoms with Crippen LogP contribution in [0.1, 0.15) is 24.3 Å². The molecule has 1 saturated carbocycles. The lowest BCUT2D eigenvalue weighted by atomic mass is 10.1. The Labute approximate surface area is 74.3 Å². The lowest BCUT2D eigenvalue weighted by molar-refractivity contribution is -0.385. The van der Waals surface area contributed by atoms with E-state index in [9.17, 15) is 14.5 Å². The van der Waals surface area contributed by atoms with E-state index in [4.69, 9.17) is 0 Å². The predicted molar refractivity (Wildman–Crippen MR) is 45.0 cm³/mol. The van der Waals surface area contributed by atoms with E-state index in [2.05, 4.69) is 0 Å². The van der Waals surface area contributed by atoms with Gasteiger partial charge in [0.15, 0.2) is 0 Å². The molecule has 1 aromatic rings. The summed E-state index contributed by atoms with van der Waals surface area (Å²) in [7, 11) is 0. The van der Waals surface area contributed by atoms with E-state index >= 15 is 0 Å². The summed E-state index contributed by atoms with van der Waals surface area (Å²) in [5.41, 5.74) is 0.438. The van der Waals surface area contributed by atoms with Gasteiger partial charge in [0.25, 0.3) is 5.69 Å². The highest BCUT2D eigenvalue weighted by atomic mass is 19.1. The fourth-order valence-electron chi connectivity index (χ4n) is 1.36. The van der Waals surface area contributed by atoms with E-state index in [0.717, 1.165) is 18.9 Å². The Hall–Kier alpha value is -1.45. The zero-order valence-corrected chi connectivity index (χ0v) is 6.87. The standard InChI is InChI=1S/C9H8FNO2/c10-9-5-7(11(12)13)3-4-8(9)6-1-2-6/h3-6H,1-2H2. The maximum Gasteiger partial charge on any atom is 0.272 e. The number of hydrogen-bond acceptors (Lipinski definition) is 2. The Bertz CT molecular complexity index is 361. The van der Waals surface area contributed by atoms with Crippen LogP contribution in [0, 0.1) is 15.9 Å². The molecule has 1 aliphatic rings. The van der Waals surface area contributed by atoms with E-state index in [1.54, 1.807) is 0 Å². The van der Waals surface area contributed by atoms with Gasteiger partial charge in [0.2, 0.25) is 0 Å². The van der Waals surface area contributed by atoms with E-state index in [1.165, 1.54) is 12.1 Å². The molecule has 0 N–H and O–H groups in total. The van der Waals surface area contributed by atoms with Crippen molar-refractivity contribution in [1.29, 1.82) is 0 Å². The van der Waals surface area contributed by atoms with E-state index in [-0.39, 0.29) is 5.69 Å². The van der Waals surface area contributed by atoms with Crippen LogP contribution < -0.4 is 0 Å². The monoisotopic (exact) mass is 181 g/mol. The van der Waals surface area contributed by atoms with Crippen molar-refractivity contribution >= 4 is 5.69 Å². The highest BCUT2D eigenvalue weighted by Gasteiger charge is 2.27. The highest BCUT2D eigenvalue weighted by Crippen LogP contribution is 2.41. The van der Waals surface area contributed by atoms with Crippen molar-refractivity contribution in [2.24, 2.45) is 0 Å². The van der Waals surface area contributed by atoms with Gasteiger partial charge in [0.1, 0.15) is 5.82 Å². The molecule has 2 rings (SSSR count). The van der Waals surface area contributed by atoms with Crippen molar-refractivity contribution in [2.75, 3.05) is 0 Å². The Balaban J connectivity index is 2.36. The average molecular weight is 181 g/mol. The number of hydrogen-bond donors (Lipinski definition) is 0. The lowest BCUT2D eigenvalue weighted by Gasteiger charge is -1.99. The van der Waals surface area contributed by atoms with Crippen LogP contribution in [-0.2, 0) is 0 Å². The largest absolute Gasteiger partial charge is 0.272 e. The van der Waals surface area contributed by atoms with Gasteiger partial charge in [-0.1, -0.05) is 0 Å². The molecule has 0 aliphatic heterocycles. The van der Waals surface area contributed by atoms with Gasteiger partial charge in [-0.2, -0.15) is 0 Å². The van der Waals surface area contributed by atoms with Crippen molar-refractivity contribution in [3.8, 4) is 0 Å². The fraction of sp³-hybridized carbons (Fsp3) is 0.333. The SMILES string of the molecule is O=[N+]([O-])c1ccc(C2CC2)c(F)c1. The number of nitro groups is 1. The molecule has 0 atom stereocenters. The molecular formula is C9H8FNO2. The molecule has 1 aromatic carbocycles. The van der Waals surface area contributed by atoms with Crippen LogP contribution in [0.5, 0.6) is 0 Å². The van der Waals surface area contributed by atoms with Gasteiger partial charge in [0, 0.05) is 6.07 Å². The Kier molecular flexibility index (Phi) is 1.76. The third-order valence-corrected chi connectivity index (χ3v) is 2.21. The third kappa shape index (κ3) is 1.52. The molecule has 1 aliphatic carbocycles. The first-order valence-corrected chi connectivity index (χ1v) is 4.12. The maximum absolute atomic E-state index is 13.2. The summed E-state index contributed by atoms with van der Waals surface area (Å²) < 4.78 is 13.2. The van der Waals surface area contributed by atoms with Crippen LogP contribution in [0.4, 0.5) is 10.1 Å². The van der Waals surface area contributed by atoms with Crippen LogP contribution in [-0.4, -0.2) is 4.92 Å². The second-order valence-electron chi connectivity index (χ2n) is 3.24. The third-order valence-electron chi connectivity index (χ3n) is 2.21. The van der Waals surface area contributed by atoms with Crippen LogP contribution in [0.25, 0.3) is 0 Å². The zero-order chi connectivity index (χ0) is 9.42. The van der Waals surface area contributed by atoms with Gasteiger partial charge >= 0.3 is 0 Å². The van der Waals surface area contributed by atoms with E-state index in [0.29, 0.717) is 11.5 Å². The first kappa shape index (κ1) is 8.16. The van der Waals surface area contributed by atoms with E-state index < -0.39 is 10.7 Å². The highest BCUT2D eigenvalue weighted by molar-refractivity contribution is 5.37. The second-order valence-corrected chi connectivity index (χ2v) is 3.24. The molecule has 1 fully saturated rings. The minimum atomic E-state index is -0.584. The number of benzene rings is 1. The smallest absolute Gasteiger partial charge is 0.258 e. The van der Waals surface area contributed by atoms with Crippen LogP contribution in [0.15, 0.2) is 18.2 Å². The molecule has 4 heteroatoms. The summed E-state index contributed by atoms with van der Waals surface area (Å²) in [4.78, 5) is 9.71. The molecule has 0 amide bonds. The summed E-state index contributed by atoms with van der Waals surface area (Å²) in [6, 6.07) is 3.87. The number of non-ortho nitro benzene ring substituents is 1. The number of rotatable bonds is 2. The normalized spacial score (nSPS) is 15.8. The first-order chi connectivity index (χ1) is 6.18. The number of nitro benzene ring substituents is 1. The maximum atomic E-state index is 13.2. The Morgan fingerprint density at radius 1 is 1.46 bits per heavy atom. The average Bonchev–Trinajstić information content (AvgIpc) is 2.87. The summed E-state index contributed by atoms with van der Waals surface area (Å²) in [6.07, 6.45) is 1.99. The minimum absolute atomic E-state index is 0.179. The molecule has 0 unspecified atom stereocenters. The minimum Gasteiger partial charge on any atom is -0.258 e. The van der Waals surface area contributed by atoms with Crippen molar-refractivity contribution < 1.29 is 9.31 Å². The Morgan fingerprint density at radius 2 is 2.15 bits per heavy atom. The molecule has 0 spiro atoms. The molecule has 0 saturated heterocycles. The summed E-state index contributed by atoms with van der Waals surface area (Å²) >= 11 is 0. The molecule has 0 aromatic heterocycles. The van der Waals surface area contributed by atoms with Gasteiger partial charge in [-0.05, 0) is 30.4 Å². The van der Waals surface area contributed by atoms with Crippen molar-refractivity contribution in [1.82, 2.24) is 0 Å². The number of nitrogens with zero attached hydrogens (tertiary/aromatic N) is 1. The summed E-state index contributed by atoms with van der Waals surface area (Å²) in [6.45, 7) is 0. The van der Waals surface area contributed by atoms with Crippen LogP contribution in [0.2, 0.25) is 0 Å². The van der Waals surface area contributed by atoms with Crippen LogP contribution in [0.3, 0.4) is 0 Å². The van der Waals surface area contributed by atoms with Gasteiger partial charge < -0.3 is 0 Å². The zero-order valence-electron chi connectivity index (χ0n) is 6.87. The lowest BCUT2D eigenvalue weighted by Crippen LogP contribution is -1.92. The van der Waals surface area contributed by atoms with Gasteiger partial charge in [0.05, 0.1) is 11.0 Å². The van der Waals surface area contributed by atoms with Gasteiger partial charge in [-0.3, -0.25) is 10.1 Å². The van der Waals surface area contributed by atoms with E-state index in [1.807, 2.05) is 0 Å². The fourth-order valence-corrected chi connectivity index (χ4v) is 1.36. The molecule has 3 nitrogen and oxygen atoms in total. The van der Waals surface area contributed by atoms with Gasteiger partial charge in [-0.25, -0.2) is 4.39 Å². The van der Waals surface area contributed by atoms with Crippen molar-refractivity contribution in [2.45, 2.75) is 18.8 Å². The molecule has 0 heterocycles. The van der Waals surface area contributed by atoms with Crippen LogP contribution >= 0.6 is 0 Å². The summed E-state index contributed by atoms with van der Waals surface area (Å²) in [5, 5.41) is 10.3. The van der Waals surface area contributed by atoms with Crippen molar-refractivity contribution in [3.05, 3.63) is 39.7 Å². The molecule has 0 bridgehead atoms. The quantitative estimate of drug-likeness (QED) is 0.519. The predicted octanol–water partition coefficient (Wildman–Crippen LogP) is 2.61. The number of halogens is 1. The molecular weight excluding hydrogens is 173 g/mol. The topological polar surface area (TPSA) is 43.1 Å². The molecule has 68 valence electrons. The molecule has 13 heavy (non-hydrogen) atoms. The second kappa shape index (κ2) is 2.80.